The van der Waals surface area contributed by atoms with Crippen LogP contribution in [0.15, 0.2) is 0 Å². The summed E-state index contributed by atoms with van der Waals surface area (Å²) >= 11 is 0. The molecule has 0 spiro atoms. The molecular weight excluding hydrogens is 180 g/mol. The van der Waals surface area contributed by atoms with Crippen molar-refractivity contribution in [2.24, 2.45) is 0 Å². The molecule has 1 rings (SSSR count). The first kappa shape index (κ1) is 11.2. The number of rotatable bonds is 4. The maximum absolute atomic E-state index is 11.3. The first-order valence-electron chi connectivity index (χ1n) is 5.22. The van der Waals surface area contributed by atoms with Crippen LogP contribution in [-0.2, 0) is 9.59 Å². The minimum atomic E-state index is -0.0397. The number of nitrogens with one attached hydrogen (secondary N) is 1. The first-order chi connectivity index (χ1) is 6.68. The van der Waals surface area contributed by atoms with Crippen LogP contribution in [0.2, 0.25) is 0 Å². The topological polar surface area (TPSA) is 49.4 Å². The third-order valence-electron chi connectivity index (χ3n) is 2.34. The van der Waals surface area contributed by atoms with E-state index in [1.165, 1.54) is 13.3 Å². The zero-order chi connectivity index (χ0) is 10.4. The maximum atomic E-state index is 11.3. The van der Waals surface area contributed by atoms with Gasteiger partial charge in [-0.25, -0.2) is 5.01 Å². The molecule has 0 aliphatic carbocycles. The molecule has 1 aliphatic heterocycles. The first-order valence-corrected chi connectivity index (χ1v) is 5.22. The van der Waals surface area contributed by atoms with E-state index in [0.717, 1.165) is 25.9 Å². The second-order valence-electron chi connectivity index (χ2n) is 3.78. The molecule has 1 heterocycles. The molecule has 0 unspecified atom stereocenters. The quantitative estimate of drug-likeness (QED) is 0.729. The summed E-state index contributed by atoms with van der Waals surface area (Å²) < 4.78 is 0. The van der Waals surface area contributed by atoms with Crippen molar-refractivity contribution in [1.82, 2.24) is 10.4 Å². The van der Waals surface area contributed by atoms with E-state index in [1.54, 1.807) is 0 Å². The number of carbonyl (C=O) groups excluding carboxylic acids is 2. The van der Waals surface area contributed by atoms with E-state index in [1.807, 2.05) is 5.01 Å². The molecule has 0 bridgehead atoms. The molecule has 0 atom stereocenters. The van der Waals surface area contributed by atoms with Gasteiger partial charge in [0.05, 0.1) is 0 Å². The van der Waals surface area contributed by atoms with E-state index in [-0.39, 0.29) is 11.7 Å². The number of hydrogen-bond donors (Lipinski definition) is 1. The Hall–Kier alpha value is -0.900. The highest BCUT2D eigenvalue weighted by molar-refractivity contribution is 5.83. The Morgan fingerprint density at radius 1 is 1.14 bits per heavy atom. The van der Waals surface area contributed by atoms with E-state index in [4.69, 9.17) is 0 Å². The molecule has 0 radical (unpaired) electrons. The predicted molar refractivity (Wildman–Crippen MR) is 53.5 cm³/mol. The predicted octanol–water partition coefficient (Wildman–Crippen LogP) is 0.873. The lowest BCUT2D eigenvalue weighted by molar-refractivity contribution is -0.128. The summed E-state index contributed by atoms with van der Waals surface area (Å²) in [5, 5.41) is 1.95. The third kappa shape index (κ3) is 4.37. The Morgan fingerprint density at radius 3 is 2.36 bits per heavy atom. The van der Waals surface area contributed by atoms with Crippen LogP contribution < -0.4 is 5.43 Å². The normalized spacial score (nSPS) is 17.8. The molecule has 1 fully saturated rings. The molecule has 0 aromatic heterocycles. The Balaban J connectivity index is 2.15. The summed E-state index contributed by atoms with van der Waals surface area (Å²) in [6.07, 6.45) is 4.20. The summed E-state index contributed by atoms with van der Waals surface area (Å²) in [5.74, 6) is 0.0286. The Kier molecular flexibility index (Phi) is 4.59. The Labute approximate surface area is 84.6 Å². The Morgan fingerprint density at radius 2 is 1.79 bits per heavy atom. The van der Waals surface area contributed by atoms with E-state index in [2.05, 4.69) is 5.43 Å². The van der Waals surface area contributed by atoms with Crippen LogP contribution in [0.3, 0.4) is 0 Å². The van der Waals surface area contributed by atoms with Crippen molar-refractivity contribution in [3.8, 4) is 0 Å². The molecule has 0 saturated carbocycles. The third-order valence-corrected chi connectivity index (χ3v) is 2.34. The molecule has 14 heavy (non-hydrogen) atoms. The van der Waals surface area contributed by atoms with Gasteiger partial charge in [-0.3, -0.25) is 10.2 Å². The van der Waals surface area contributed by atoms with Crippen LogP contribution in [0.5, 0.6) is 0 Å². The van der Waals surface area contributed by atoms with Gasteiger partial charge in [0.1, 0.15) is 5.78 Å². The van der Waals surface area contributed by atoms with Crippen molar-refractivity contribution >= 4 is 11.7 Å². The van der Waals surface area contributed by atoms with Gasteiger partial charge in [-0.1, -0.05) is 6.42 Å². The van der Waals surface area contributed by atoms with Crippen molar-refractivity contribution in [2.75, 3.05) is 13.1 Å². The largest absolute Gasteiger partial charge is 0.300 e. The Bertz CT molecular complexity index is 210. The number of hydrazine groups is 1. The summed E-state index contributed by atoms with van der Waals surface area (Å²) in [4.78, 5) is 22.0. The van der Waals surface area contributed by atoms with E-state index in [0.29, 0.717) is 12.8 Å². The molecule has 4 nitrogen and oxygen atoms in total. The fourth-order valence-electron chi connectivity index (χ4n) is 1.53. The average Bonchev–Trinajstić information content (AvgIpc) is 2.16. The average molecular weight is 198 g/mol. The fourth-order valence-corrected chi connectivity index (χ4v) is 1.53. The minimum Gasteiger partial charge on any atom is -0.300 e. The second kappa shape index (κ2) is 5.75. The van der Waals surface area contributed by atoms with Crippen molar-refractivity contribution in [3.05, 3.63) is 0 Å². The van der Waals surface area contributed by atoms with Gasteiger partial charge >= 0.3 is 0 Å². The molecule has 80 valence electrons. The fraction of sp³-hybridized carbons (Fsp3) is 0.800. The number of Topliss-reactive ketones (excluding diaryl/α,β-unsaturated/α-hetero) is 1. The lowest BCUT2D eigenvalue weighted by Crippen LogP contribution is -2.45. The van der Waals surface area contributed by atoms with Gasteiger partial charge in [0.2, 0.25) is 5.91 Å². The molecular formula is C10H18N2O2. The van der Waals surface area contributed by atoms with Gasteiger partial charge in [-0.2, -0.15) is 0 Å². The smallest absolute Gasteiger partial charge is 0.234 e. The summed E-state index contributed by atoms with van der Waals surface area (Å²) in [6.45, 7) is 3.38. The zero-order valence-electron chi connectivity index (χ0n) is 8.71. The monoisotopic (exact) mass is 198 g/mol. The zero-order valence-corrected chi connectivity index (χ0v) is 8.71. The summed E-state index contributed by atoms with van der Waals surface area (Å²) in [6, 6.07) is 0. The molecule has 0 aromatic rings. The van der Waals surface area contributed by atoms with Gasteiger partial charge in [0, 0.05) is 25.9 Å². The lowest BCUT2D eigenvalue weighted by atomic mass is 10.2. The number of piperidine rings is 1. The minimum absolute atomic E-state index is 0.0397. The second-order valence-corrected chi connectivity index (χ2v) is 3.78. The van der Waals surface area contributed by atoms with Crippen LogP contribution in [0.4, 0.5) is 0 Å². The number of nitrogens with zero attached hydrogens (tertiary/aromatic N) is 1. The van der Waals surface area contributed by atoms with Crippen molar-refractivity contribution < 1.29 is 9.59 Å². The van der Waals surface area contributed by atoms with Gasteiger partial charge in [-0.05, 0) is 19.8 Å². The van der Waals surface area contributed by atoms with Crippen LogP contribution in [-0.4, -0.2) is 29.8 Å². The van der Waals surface area contributed by atoms with Crippen molar-refractivity contribution in [2.45, 2.75) is 39.0 Å². The van der Waals surface area contributed by atoms with Crippen LogP contribution in [0.1, 0.15) is 39.0 Å². The highest BCUT2D eigenvalue weighted by Gasteiger charge is 2.12. The molecule has 1 aliphatic rings. The SMILES string of the molecule is CC(=O)CCC(=O)NN1CCCCC1. The standard InChI is InChI=1S/C10H18N2O2/c1-9(13)5-6-10(14)11-12-7-3-2-4-8-12/h2-8H2,1H3,(H,11,14). The summed E-state index contributed by atoms with van der Waals surface area (Å²) in [7, 11) is 0. The molecule has 0 aromatic carbocycles. The number of hydrogen-bond acceptors (Lipinski definition) is 3. The van der Waals surface area contributed by atoms with Gasteiger partial charge in [0.15, 0.2) is 0 Å². The van der Waals surface area contributed by atoms with E-state index >= 15 is 0 Å². The van der Waals surface area contributed by atoms with Gasteiger partial charge < -0.3 is 4.79 Å². The van der Waals surface area contributed by atoms with Crippen LogP contribution >= 0.6 is 0 Å². The van der Waals surface area contributed by atoms with Crippen LogP contribution in [0.25, 0.3) is 0 Å². The van der Waals surface area contributed by atoms with E-state index < -0.39 is 0 Å². The number of amides is 1. The molecule has 1 saturated heterocycles. The van der Waals surface area contributed by atoms with Crippen LogP contribution in [0, 0.1) is 0 Å². The lowest BCUT2D eigenvalue weighted by Gasteiger charge is -2.26. The van der Waals surface area contributed by atoms with Gasteiger partial charge in [0.25, 0.3) is 0 Å². The summed E-state index contributed by atoms with van der Waals surface area (Å²) in [5.41, 5.74) is 2.82. The number of carbonyl (C=O) groups is 2. The van der Waals surface area contributed by atoms with Crippen molar-refractivity contribution in [1.29, 1.82) is 0 Å². The highest BCUT2D eigenvalue weighted by Crippen LogP contribution is 2.06. The van der Waals surface area contributed by atoms with Gasteiger partial charge in [-0.15, -0.1) is 0 Å². The van der Waals surface area contributed by atoms with E-state index in [9.17, 15) is 9.59 Å². The highest BCUT2D eigenvalue weighted by atomic mass is 16.2. The molecule has 1 amide bonds. The molecule has 1 N–H and O–H groups in total. The molecule has 4 heteroatoms. The van der Waals surface area contributed by atoms with Crippen molar-refractivity contribution in [3.63, 3.8) is 0 Å². The number of ketones is 1. The maximum Gasteiger partial charge on any atom is 0.234 e.